The minimum Gasteiger partial charge on any atom is -0.452 e. The molecule has 0 spiro atoms. The average Bonchev–Trinajstić information content (AvgIpc) is 2.73. The second kappa shape index (κ2) is 12.7. The van der Waals surface area contributed by atoms with Crippen LogP contribution in [0.3, 0.4) is 0 Å². The molecule has 0 radical (unpaired) electrons. The monoisotopic (exact) mass is 515 g/mol. The van der Waals surface area contributed by atoms with Crippen molar-refractivity contribution in [1.82, 2.24) is 10.3 Å². The molecule has 0 aliphatic heterocycles. The molecule has 0 fully saturated rings. The third-order valence-electron chi connectivity index (χ3n) is 3.82. The van der Waals surface area contributed by atoms with E-state index in [1.807, 2.05) is 6.07 Å². The van der Waals surface area contributed by atoms with Gasteiger partial charge in [0.15, 0.2) is 5.76 Å². The number of benzene rings is 1. The number of alkyl halides is 4. The lowest BCUT2D eigenvalue weighted by molar-refractivity contribution is -0.125. The van der Waals surface area contributed by atoms with Crippen LogP contribution < -0.4 is 10.2 Å². The number of rotatable bonds is 12. The highest BCUT2D eigenvalue weighted by molar-refractivity contribution is 6.30. The summed E-state index contributed by atoms with van der Waals surface area (Å²) >= 11 is 5.90. The third kappa shape index (κ3) is 10.8. The summed E-state index contributed by atoms with van der Waals surface area (Å²) in [5, 5.41) is 12.5. The maximum Gasteiger partial charge on any atom is 0.294 e. The molecule has 188 valence electrons. The number of nitrogens with zero attached hydrogens (tertiary/aromatic N) is 4. The van der Waals surface area contributed by atoms with E-state index >= 15 is 0 Å². The Bertz CT molecular complexity index is 1090. The first kappa shape index (κ1) is 29.3. The van der Waals surface area contributed by atoms with Gasteiger partial charge in [0.1, 0.15) is 18.0 Å². The first-order valence-corrected chi connectivity index (χ1v) is 10.1. The van der Waals surface area contributed by atoms with Gasteiger partial charge in [-0.3, -0.25) is 19.5 Å². The SMILES string of the molecule is C=C(Oc1cc(Cl)cc(C#N)c1)C(=O)N(/C=N\CC(C)(F)F)C/C(C)=C/C(=N\NC=O)C(C)(F)F. The standard InChI is InChI=1S/C22H22ClF4N5O3/c1-14(5-19(22(4,26)27)31-30-13-33)10-32(12-29-11-21(3,24)25)20(34)15(2)35-18-7-16(9-28)6-17(23)8-18/h5-8,12-13H,2,10-11H2,1,3-4H3,(H,30,33)/b14-5+,29-12-,31-19+. The molecule has 0 heterocycles. The van der Waals surface area contributed by atoms with Crippen molar-refractivity contribution in [2.24, 2.45) is 10.1 Å². The number of carbonyl (C=O) groups excluding carboxylic acids is 2. The smallest absolute Gasteiger partial charge is 0.294 e. The Labute approximate surface area is 204 Å². The summed E-state index contributed by atoms with van der Waals surface area (Å²) < 4.78 is 59.2. The number of allylic oxidation sites excluding steroid dienone is 1. The van der Waals surface area contributed by atoms with Crippen LogP contribution in [0.5, 0.6) is 5.75 Å². The Balaban J connectivity index is 3.22. The molecule has 0 bridgehead atoms. The maximum absolute atomic E-state index is 13.8. The highest BCUT2D eigenvalue weighted by Gasteiger charge is 2.29. The van der Waals surface area contributed by atoms with E-state index in [1.54, 1.807) is 5.43 Å². The lowest BCUT2D eigenvalue weighted by Crippen LogP contribution is -2.34. The zero-order valence-electron chi connectivity index (χ0n) is 19.0. The van der Waals surface area contributed by atoms with E-state index < -0.39 is 42.3 Å². The Hall–Kier alpha value is -3.72. The summed E-state index contributed by atoms with van der Waals surface area (Å²) in [4.78, 5) is 27.6. The van der Waals surface area contributed by atoms with E-state index in [0.717, 1.165) is 17.3 Å². The number of amides is 2. The topological polar surface area (TPSA) is 107 Å². The number of nitriles is 1. The first-order valence-electron chi connectivity index (χ1n) is 9.75. The summed E-state index contributed by atoms with van der Waals surface area (Å²) in [6.45, 7) is 4.70. The fraction of sp³-hybridized carbons (Fsp3) is 0.318. The third-order valence-corrected chi connectivity index (χ3v) is 4.04. The predicted molar refractivity (Wildman–Crippen MR) is 123 cm³/mol. The Morgan fingerprint density at radius 2 is 1.97 bits per heavy atom. The Morgan fingerprint density at radius 1 is 1.31 bits per heavy atom. The van der Waals surface area contributed by atoms with E-state index in [9.17, 15) is 27.2 Å². The van der Waals surface area contributed by atoms with Gasteiger partial charge in [0.2, 0.25) is 6.41 Å². The van der Waals surface area contributed by atoms with Crippen molar-refractivity contribution in [2.45, 2.75) is 32.6 Å². The number of hydrogen-bond donors (Lipinski definition) is 1. The van der Waals surface area contributed by atoms with Crippen LogP contribution in [0.2, 0.25) is 5.02 Å². The van der Waals surface area contributed by atoms with Crippen LogP contribution in [0.1, 0.15) is 26.3 Å². The molecular weight excluding hydrogens is 494 g/mol. The molecule has 8 nitrogen and oxygen atoms in total. The number of halogens is 5. The zero-order valence-corrected chi connectivity index (χ0v) is 19.7. The van der Waals surface area contributed by atoms with Crippen LogP contribution in [0.4, 0.5) is 17.6 Å². The molecule has 2 amide bonds. The number of aliphatic imine (C=N–C) groups is 1. The van der Waals surface area contributed by atoms with Gasteiger partial charge in [0, 0.05) is 25.4 Å². The Kier molecular flexibility index (Phi) is 10.6. The van der Waals surface area contributed by atoms with Gasteiger partial charge in [0.25, 0.3) is 17.8 Å². The minimum absolute atomic E-state index is 0.0108. The lowest BCUT2D eigenvalue weighted by atomic mass is 10.1. The quantitative estimate of drug-likeness (QED) is 0.0850. The number of nitrogens with one attached hydrogen (secondary N) is 1. The van der Waals surface area contributed by atoms with Gasteiger partial charge in [-0.15, -0.1) is 0 Å². The molecule has 0 saturated carbocycles. The summed E-state index contributed by atoms with van der Waals surface area (Å²) in [6.07, 6.45) is 1.81. The molecule has 1 aromatic rings. The number of ether oxygens (including phenoxy) is 1. The predicted octanol–water partition coefficient (Wildman–Crippen LogP) is 4.32. The maximum atomic E-state index is 13.8. The Morgan fingerprint density at radius 3 is 2.51 bits per heavy atom. The fourth-order valence-corrected chi connectivity index (χ4v) is 2.62. The van der Waals surface area contributed by atoms with Crippen LogP contribution in [0.25, 0.3) is 0 Å². The van der Waals surface area contributed by atoms with Crippen molar-refractivity contribution < 1.29 is 31.9 Å². The van der Waals surface area contributed by atoms with Crippen LogP contribution in [0, 0.1) is 11.3 Å². The van der Waals surface area contributed by atoms with Gasteiger partial charge in [0.05, 0.1) is 18.0 Å². The van der Waals surface area contributed by atoms with Crippen molar-refractivity contribution in [2.75, 3.05) is 13.1 Å². The van der Waals surface area contributed by atoms with Gasteiger partial charge in [-0.25, -0.2) is 14.2 Å². The second-order valence-corrected chi connectivity index (χ2v) is 7.83. The van der Waals surface area contributed by atoms with E-state index in [1.165, 1.54) is 25.1 Å². The molecule has 0 atom stereocenters. The van der Waals surface area contributed by atoms with Crippen molar-refractivity contribution in [3.05, 3.63) is 52.8 Å². The largest absolute Gasteiger partial charge is 0.452 e. The van der Waals surface area contributed by atoms with Crippen molar-refractivity contribution in [3.63, 3.8) is 0 Å². The van der Waals surface area contributed by atoms with E-state index in [-0.39, 0.29) is 28.3 Å². The fourth-order valence-electron chi connectivity index (χ4n) is 2.40. The summed E-state index contributed by atoms with van der Waals surface area (Å²) in [5.74, 6) is -8.02. The van der Waals surface area contributed by atoms with Crippen molar-refractivity contribution in [3.8, 4) is 11.8 Å². The van der Waals surface area contributed by atoms with E-state index in [0.29, 0.717) is 13.8 Å². The van der Waals surface area contributed by atoms with E-state index in [4.69, 9.17) is 21.6 Å². The molecule has 35 heavy (non-hydrogen) atoms. The van der Waals surface area contributed by atoms with Gasteiger partial charge in [-0.1, -0.05) is 23.8 Å². The molecule has 13 heteroatoms. The van der Waals surface area contributed by atoms with Gasteiger partial charge < -0.3 is 4.74 Å². The minimum atomic E-state index is -3.44. The highest BCUT2D eigenvalue weighted by atomic mass is 35.5. The molecule has 1 aromatic carbocycles. The normalized spacial score (nSPS) is 12.8. The van der Waals surface area contributed by atoms with Crippen LogP contribution in [-0.2, 0) is 9.59 Å². The lowest BCUT2D eigenvalue weighted by Gasteiger charge is -2.20. The summed E-state index contributed by atoms with van der Waals surface area (Å²) in [5.41, 5.74) is 1.23. The molecule has 0 aliphatic carbocycles. The molecule has 0 aromatic heterocycles. The summed E-state index contributed by atoms with van der Waals surface area (Å²) in [7, 11) is 0. The number of hydrazone groups is 1. The van der Waals surface area contributed by atoms with Crippen LogP contribution in [-0.4, -0.2) is 54.2 Å². The highest BCUT2D eigenvalue weighted by Crippen LogP contribution is 2.23. The molecular formula is C22H22ClF4N5O3. The summed E-state index contributed by atoms with van der Waals surface area (Å²) in [6, 6.07) is 5.82. The second-order valence-electron chi connectivity index (χ2n) is 7.40. The van der Waals surface area contributed by atoms with Gasteiger partial charge in [-0.05, 0) is 31.2 Å². The van der Waals surface area contributed by atoms with Gasteiger partial charge in [-0.2, -0.15) is 19.1 Å². The van der Waals surface area contributed by atoms with Crippen molar-refractivity contribution in [1.29, 1.82) is 5.26 Å². The molecule has 0 aliphatic rings. The number of carbonyl (C=O) groups is 2. The average molecular weight is 516 g/mol. The van der Waals surface area contributed by atoms with Crippen LogP contribution >= 0.6 is 11.6 Å². The molecule has 1 N–H and O–H groups in total. The zero-order chi connectivity index (χ0) is 26.8. The number of hydrogen-bond acceptors (Lipinski definition) is 6. The molecule has 1 rings (SSSR count). The van der Waals surface area contributed by atoms with Crippen molar-refractivity contribution >= 4 is 36.0 Å². The van der Waals surface area contributed by atoms with E-state index in [2.05, 4.69) is 16.7 Å². The molecule has 0 saturated heterocycles. The van der Waals surface area contributed by atoms with Gasteiger partial charge >= 0.3 is 0 Å². The first-order chi connectivity index (χ1) is 16.2. The molecule has 0 unspecified atom stereocenters. The van der Waals surface area contributed by atoms with Crippen LogP contribution in [0.15, 0.2) is 52.3 Å².